The van der Waals surface area contributed by atoms with E-state index in [4.69, 9.17) is 11.6 Å². The summed E-state index contributed by atoms with van der Waals surface area (Å²) in [6, 6.07) is 5.33. The number of anilines is 1. The van der Waals surface area contributed by atoms with Crippen molar-refractivity contribution in [3.8, 4) is 0 Å². The van der Waals surface area contributed by atoms with Gasteiger partial charge in [0, 0.05) is 22.8 Å². The second kappa shape index (κ2) is 12.5. The normalized spacial score (nSPS) is 10.6. The van der Waals surface area contributed by atoms with E-state index in [0.717, 1.165) is 24.9 Å². The molecule has 0 bridgehead atoms. The summed E-state index contributed by atoms with van der Waals surface area (Å²) in [5, 5.41) is 3.98. The molecule has 0 saturated carbocycles. The first-order valence-corrected chi connectivity index (χ1v) is 9.14. The highest BCUT2D eigenvalue weighted by Gasteiger charge is 2.01. The zero-order valence-corrected chi connectivity index (χ0v) is 14.6. The van der Waals surface area contributed by atoms with Crippen molar-refractivity contribution in [3.63, 3.8) is 0 Å². The topological polar surface area (TPSA) is 29.1 Å². The van der Waals surface area contributed by atoms with Gasteiger partial charge in [-0.3, -0.25) is 4.79 Å². The van der Waals surface area contributed by atoms with Gasteiger partial charge in [0.2, 0.25) is 0 Å². The second-order valence-corrected chi connectivity index (χ2v) is 6.39. The minimum atomic E-state index is 0.663. The molecule has 0 fully saturated rings. The first-order chi connectivity index (χ1) is 10.8. The number of nitrogens with one attached hydrogen (secondary N) is 1. The lowest BCUT2D eigenvalue weighted by atomic mass is 10.1. The Bertz CT molecular complexity index is 420. The fourth-order valence-corrected chi connectivity index (χ4v) is 2.79. The summed E-state index contributed by atoms with van der Waals surface area (Å²) in [7, 11) is 0. The molecule has 3 heteroatoms. The highest BCUT2D eigenvalue weighted by molar-refractivity contribution is 6.31. The first kappa shape index (κ1) is 19.0. The smallest absolute Gasteiger partial charge is 0.152 e. The lowest BCUT2D eigenvalue weighted by Gasteiger charge is -2.09. The molecule has 1 aromatic carbocycles. The monoisotopic (exact) mass is 323 g/mol. The molecule has 124 valence electrons. The van der Waals surface area contributed by atoms with Crippen LogP contribution in [0.2, 0.25) is 5.02 Å². The van der Waals surface area contributed by atoms with Crippen molar-refractivity contribution in [1.29, 1.82) is 0 Å². The average molecular weight is 324 g/mol. The molecule has 0 saturated heterocycles. The van der Waals surface area contributed by atoms with Crippen molar-refractivity contribution in [2.75, 3.05) is 11.9 Å². The fourth-order valence-electron chi connectivity index (χ4n) is 2.62. The van der Waals surface area contributed by atoms with Crippen molar-refractivity contribution in [2.45, 2.75) is 71.1 Å². The van der Waals surface area contributed by atoms with Crippen LogP contribution in [0, 0.1) is 0 Å². The Labute approximate surface area is 140 Å². The van der Waals surface area contributed by atoms with Gasteiger partial charge < -0.3 is 5.32 Å². The number of hydrogen-bond acceptors (Lipinski definition) is 2. The second-order valence-electron chi connectivity index (χ2n) is 5.96. The van der Waals surface area contributed by atoms with Crippen LogP contribution in [0.25, 0.3) is 0 Å². The van der Waals surface area contributed by atoms with Gasteiger partial charge in [0.15, 0.2) is 6.29 Å². The largest absolute Gasteiger partial charge is 0.384 e. The molecule has 0 unspecified atom stereocenters. The zero-order valence-electron chi connectivity index (χ0n) is 13.9. The molecular formula is C19H30ClNO. The van der Waals surface area contributed by atoms with Gasteiger partial charge in [0.1, 0.15) is 0 Å². The predicted octanol–water partition coefficient (Wildman–Crippen LogP) is 6.49. The van der Waals surface area contributed by atoms with E-state index < -0.39 is 0 Å². The zero-order chi connectivity index (χ0) is 16.0. The number of hydrogen-bond donors (Lipinski definition) is 1. The summed E-state index contributed by atoms with van der Waals surface area (Å²) in [6.07, 6.45) is 14.2. The molecule has 0 aliphatic heterocycles. The van der Waals surface area contributed by atoms with E-state index in [1.165, 1.54) is 57.8 Å². The minimum Gasteiger partial charge on any atom is -0.384 e. The van der Waals surface area contributed by atoms with E-state index in [9.17, 15) is 4.79 Å². The van der Waals surface area contributed by atoms with Crippen LogP contribution in [-0.2, 0) is 0 Å². The quantitative estimate of drug-likeness (QED) is 0.332. The Kier molecular flexibility index (Phi) is 10.8. The third kappa shape index (κ3) is 8.43. The molecule has 0 aliphatic rings. The molecule has 22 heavy (non-hydrogen) atoms. The number of unbranched alkanes of at least 4 members (excludes halogenated alkanes) is 9. The number of halogens is 1. The SMILES string of the molecule is CCCCCCCCCCCCNc1cc(Cl)ccc1C=O. The molecule has 0 radical (unpaired) electrons. The van der Waals surface area contributed by atoms with Gasteiger partial charge in [-0.25, -0.2) is 0 Å². The van der Waals surface area contributed by atoms with Crippen molar-refractivity contribution >= 4 is 23.6 Å². The summed E-state index contributed by atoms with van der Waals surface area (Å²) in [4.78, 5) is 11.0. The van der Waals surface area contributed by atoms with E-state index in [-0.39, 0.29) is 0 Å². The molecule has 0 heterocycles. The Hall–Kier alpha value is -1.02. The van der Waals surface area contributed by atoms with Crippen LogP contribution in [0.4, 0.5) is 5.69 Å². The van der Waals surface area contributed by atoms with E-state index >= 15 is 0 Å². The lowest BCUT2D eigenvalue weighted by Crippen LogP contribution is -2.04. The van der Waals surface area contributed by atoms with E-state index in [0.29, 0.717) is 10.6 Å². The number of benzene rings is 1. The van der Waals surface area contributed by atoms with Crippen molar-refractivity contribution in [1.82, 2.24) is 0 Å². The third-order valence-corrected chi connectivity index (χ3v) is 4.22. The Morgan fingerprint density at radius 1 is 0.955 bits per heavy atom. The van der Waals surface area contributed by atoms with Crippen LogP contribution in [0.3, 0.4) is 0 Å². The Balaban J connectivity index is 2.02. The molecule has 0 spiro atoms. The highest BCUT2D eigenvalue weighted by atomic mass is 35.5. The van der Waals surface area contributed by atoms with E-state index in [2.05, 4.69) is 12.2 Å². The Morgan fingerprint density at radius 2 is 1.55 bits per heavy atom. The Morgan fingerprint density at radius 3 is 2.14 bits per heavy atom. The van der Waals surface area contributed by atoms with Gasteiger partial charge in [-0.2, -0.15) is 0 Å². The van der Waals surface area contributed by atoms with Crippen molar-refractivity contribution in [3.05, 3.63) is 28.8 Å². The molecule has 0 aromatic heterocycles. The average Bonchev–Trinajstić information content (AvgIpc) is 2.53. The van der Waals surface area contributed by atoms with Crippen LogP contribution >= 0.6 is 11.6 Å². The maximum absolute atomic E-state index is 11.0. The molecule has 1 rings (SSSR count). The predicted molar refractivity (Wildman–Crippen MR) is 97.2 cm³/mol. The molecule has 0 atom stereocenters. The number of carbonyl (C=O) groups is 1. The van der Waals surface area contributed by atoms with Crippen molar-refractivity contribution in [2.24, 2.45) is 0 Å². The first-order valence-electron chi connectivity index (χ1n) is 8.76. The fraction of sp³-hybridized carbons (Fsp3) is 0.632. The van der Waals surface area contributed by atoms with Crippen molar-refractivity contribution < 1.29 is 4.79 Å². The molecule has 0 aliphatic carbocycles. The highest BCUT2D eigenvalue weighted by Crippen LogP contribution is 2.20. The van der Waals surface area contributed by atoms with Gasteiger partial charge >= 0.3 is 0 Å². The van der Waals surface area contributed by atoms with Crippen LogP contribution in [0.5, 0.6) is 0 Å². The minimum absolute atomic E-state index is 0.663. The van der Waals surface area contributed by atoms with Crippen LogP contribution < -0.4 is 5.32 Å². The standard InChI is InChI=1S/C19H30ClNO/c1-2-3-4-5-6-7-8-9-10-11-14-21-19-15-18(20)13-12-17(19)16-22/h12-13,15-16,21H,2-11,14H2,1H3. The molecular weight excluding hydrogens is 294 g/mol. The number of aldehydes is 1. The lowest BCUT2D eigenvalue weighted by molar-refractivity contribution is 0.112. The van der Waals surface area contributed by atoms with Gasteiger partial charge in [-0.1, -0.05) is 76.3 Å². The van der Waals surface area contributed by atoms with Crippen LogP contribution in [0.1, 0.15) is 81.5 Å². The van der Waals surface area contributed by atoms with Gasteiger partial charge in [-0.05, 0) is 24.6 Å². The van der Waals surface area contributed by atoms with Crippen LogP contribution in [-0.4, -0.2) is 12.8 Å². The van der Waals surface area contributed by atoms with E-state index in [1.807, 2.05) is 6.07 Å². The summed E-state index contributed by atoms with van der Waals surface area (Å²) in [5.74, 6) is 0. The number of rotatable bonds is 13. The van der Waals surface area contributed by atoms with Gasteiger partial charge in [0.05, 0.1) is 0 Å². The van der Waals surface area contributed by atoms with Gasteiger partial charge in [0.25, 0.3) is 0 Å². The van der Waals surface area contributed by atoms with Gasteiger partial charge in [-0.15, -0.1) is 0 Å². The van der Waals surface area contributed by atoms with E-state index in [1.54, 1.807) is 12.1 Å². The summed E-state index contributed by atoms with van der Waals surface area (Å²) < 4.78 is 0. The summed E-state index contributed by atoms with van der Waals surface area (Å²) in [6.45, 7) is 3.16. The maximum Gasteiger partial charge on any atom is 0.152 e. The van der Waals surface area contributed by atoms with Crippen LogP contribution in [0.15, 0.2) is 18.2 Å². The third-order valence-electron chi connectivity index (χ3n) is 3.99. The summed E-state index contributed by atoms with van der Waals surface area (Å²) in [5.41, 5.74) is 1.52. The molecule has 2 nitrogen and oxygen atoms in total. The molecule has 0 amide bonds. The number of carbonyl (C=O) groups excluding carboxylic acids is 1. The maximum atomic E-state index is 11.0. The molecule has 1 aromatic rings. The molecule has 1 N–H and O–H groups in total. The summed E-state index contributed by atoms with van der Waals surface area (Å²) >= 11 is 5.96.